The summed E-state index contributed by atoms with van der Waals surface area (Å²) in [5.74, 6) is 0.732. The second-order valence-electron chi connectivity index (χ2n) is 11.7. The fraction of sp³-hybridized carbons (Fsp3) is 0.306. The molecule has 0 bridgehead atoms. The van der Waals surface area contributed by atoms with Crippen LogP contribution in [0.25, 0.3) is 11.1 Å². The maximum absolute atomic E-state index is 13.4. The van der Waals surface area contributed by atoms with Crippen LogP contribution >= 0.6 is 0 Å². The predicted molar refractivity (Wildman–Crippen MR) is 166 cm³/mol. The number of benzene rings is 3. The van der Waals surface area contributed by atoms with Crippen molar-refractivity contribution in [3.05, 3.63) is 119 Å². The minimum Gasteiger partial charge on any atom is -0.339 e. The monoisotopic (exact) mass is 545 g/mol. The van der Waals surface area contributed by atoms with Gasteiger partial charge in [0.05, 0.1) is 5.56 Å². The fourth-order valence-corrected chi connectivity index (χ4v) is 5.47. The minimum absolute atomic E-state index is 0.00775. The van der Waals surface area contributed by atoms with E-state index in [1.807, 2.05) is 36.1 Å². The number of nitrogens with one attached hydrogen (secondary N) is 1. The second-order valence-corrected chi connectivity index (χ2v) is 11.7. The van der Waals surface area contributed by atoms with E-state index >= 15 is 0 Å². The lowest BCUT2D eigenvalue weighted by atomic mass is 9.88. The van der Waals surface area contributed by atoms with Gasteiger partial charge in [-0.2, -0.15) is 0 Å². The van der Waals surface area contributed by atoms with Crippen LogP contribution in [0, 0.1) is 19.8 Å². The van der Waals surface area contributed by atoms with E-state index in [1.54, 1.807) is 12.3 Å². The number of carbonyl (C=O) groups excluding carboxylic acids is 2. The van der Waals surface area contributed by atoms with Crippen molar-refractivity contribution in [2.75, 3.05) is 18.4 Å². The molecule has 41 heavy (non-hydrogen) atoms. The van der Waals surface area contributed by atoms with Crippen molar-refractivity contribution in [1.82, 2.24) is 9.88 Å². The molecule has 210 valence electrons. The van der Waals surface area contributed by atoms with Gasteiger partial charge >= 0.3 is 0 Å². The Morgan fingerprint density at radius 2 is 1.49 bits per heavy atom. The summed E-state index contributed by atoms with van der Waals surface area (Å²) in [6.45, 7) is 9.76. The van der Waals surface area contributed by atoms with Crippen molar-refractivity contribution in [3.63, 3.8) is 0 Å². The van der Waals surface area contributed by atoms with Crippen molar-refractivity contribution in [1.29, 1.82) is 0 Å². The van der Waals surface area contributed by atoms with E-state index in [1.165, 1.54) is 22.3 Å². The number of anilines is 1. The lowest BCUT2D eigenvalue weighted by Gasteiger charge is -2.32. The number of rotatable bonds is 7. The molecule has 0 radical (unpaired) electrons. The van der Waals surface area contributed by atoms with E-state index in [0.717, 1.165) is 30.5 Å². The Kier molecular flexibility index (Phi) is 8.63. The zero-order valence-electron chi connectivity index (χ0n) is 24.5. The van der Waals surface area contributed by atoms with Crippen molar-refractivity contribution < 1.29 is 9.59 Å². The molecule has 1 saturated heterocycles. The normalized spacial score (nSPS) is 13.8. The van der Waals surface area contributed by atoms with E-state index in [9.17, 15) is 9.59 Å². The Balaban J connectivity index is 1.19. The third-order valence-corrected chi connectivity index (χ3v) is 7.99. The van der Waals surface area contributed by atoms with Gasteiger partial charge in [0.1, 0.15) is 0 Å². The Labute approximate surface area is 243 Å². The van der Waals surface area contributed by atoms with Crippen LogP contribution in [-0.2, 0) is 6.42 Å². The fourth-order valence-electron chi connectivity index (χ4n) is 5.47. The first-order chi connectivity index (χ1) is 19.8. The van der Waals surface area contributed by atoms with Crippen LogP contribution in [-0.4, -0.2) is 34.8 Å². The molecule has 1 fully saturated rings. The van der Waals surface area contributed by atoms with Gasteiger partial charge in [-0.3, -0.25) is 14.6 Å². The lowest BCUT2D eigenvalue weighted by molar-refractivity contribution is 0.0712. The first kappa shape index (κ1) is 28.3. The molecule has 0 aliphatic carbocycles. The quantitative estimate of drug-likeness (QED) is 0.257. The summed E-state index contributed by atoms with van der Waals surface area (Å²) < 4.78 is 0. The second kappa shape index (κ2) is 12.5. The number of carbonyl (C=O) groups is 2. The molecule has 3 aromatic carbocycles. The van der Waals surface area contributed by atoms with Gasteiger partial charge in [-0.25, -0.2) is 0 Å². The average molecular weight is 546 g/mol. The van der Waals surface area contributed by atoms with Gasteiger partial charge in [-0.15, -0.1) is 0 Å². The van der Waals surface area contributed by atoms with Gasteiger partial charge in [-0.05, 0) is 91.5 Å². The number of aryl methyl sites for hydroxylation is 2. The van der Waals surface area contributed by atoms with E-state index in [4.69, 9.17) is 0 Å². The first-order valence-corrected chi connectivity index (χ1v) is 14.6. The number of hydrogen-bond acceptors (Lipinski definition) is 3. The summed E-state index contributed by atoms with van der Waals surface area (Å²) in [6, 6.07) is 26.8. The Bertz CT molecular complexity index is 1500. The molecule has 5 rings (SSSR count). The Morgan fingerprint density at radius 3 is 2.10 bits per heavy atom. The molecule has 5 nitrogen and oxygen atoms in total. The summed E-state index contributed by atoms with van der Waals surface area (Å²) in [6.07, 6.45) is 4.37. The molecule has 0 saturated carbocycles. The molecule has 0 unspecified atom stereocenters. The predicted octanol–water partition coefficient (Wildman–Crippen LogP) is 7.84. The molecular formula is C36H39N3O2. The highest BCUT2D eigenvalue weighted by molar-refractivity contribution is 6.05. The zero-order valence-corrected chi connectivity index (χ0v) is 24.5. The van der Waals surface area contributed by atoms with Crippen LogP contribution in [0.2, 0.25) is 0 Å². The van der Waals surface area contributed by atoms with Gasteiger partial charge in [0, 0.05) is 36.2 Å². The summed E-state index contributed by atoms with van der Waals surface area (Å²) in [5.41, 5.74) is 8.68. The van der Waals surface area contributed by atoms with Gasteiger partial charge in [0.15, 0.2) is 0 Å². The van der Waals surface area contributed by atoms with Crippen molar-refractivity contribution in [2.24, 2.45) is 5.92 Å². The summed E-state index contributed by atoms with van der Waals surface area (Å²) in [4.78, 5) is 32.7. The lowest BCUT2D eigenvalue weighted by Crippen LogP contribution is -2.38. The highest BCUT2D eigenvalue weighted by atomic mass is 16.2. The van der Waals surface area contributed by atoms with Crippen LogP contribution in [0.4, 0.5) is 5.69 Å². The van der Waals surface area contributed by atoms with Gasteiger partial charge in [-0.1, -0.05) is 74.0 Å². The standard InChI is InChI=1S/C36H39N3O2/c1-24(2)21-33-16-15-32(23-37-33)35(40)38-34-22-31(10-7-26(34)4)36(41)39-19-17-30(18-20-39)29-13-11-28(12-14-29)27-8-5-25(3)6-9-27/h5-16,22-24,30H,17-21H2,1-4H3,(H,38,40). The highest BCUT2D eigenvalue weighted by Gasteiger charge is 2.25. The SMILES string of the molecule is Cc1ccc(-c2ccc(C3CCN(C(=O)c4ccc(C)c(NC(=O)c5ccc(CC(C)C)nc5)c4)CC3)cc2)cc1. The molecule has 1 aliphatic heterocycles. The summed E-state index contributed by atoms with van der Waals surface area (Å²) >= 11 is 0. The van der Waals surface area contributed by atoms with Crippen molar-refractivity contribution in [3.8, 4) is 11.1 Å². The molecule has 2 amide bonds. The first-order valence-electron chi connectivity index (χ1n) is 14.6. The van der Waals surface area contributed by atoms with Gasteiger partial charge in [0.25, 0.3) is 11.8 Å². The topological polar surface area (TPSA) is 62.3 Å². The number of hydrogen-bond donors (Lipinski definition) is 1. The van der Waals surface area contributed by atoms with Gasteiger partial charge < -0.3 is 10.2 Å². The minimum atomic E-state index is -0.226. The maximum atomic E-state index is 13.4. The summed E-state index contributed by atoms with van der Waals surface area (Å²) in [5, 5.41) is 2.98. The third kappa shape index (κ3) is 6.91. The van der Waals surface area contributed by atoms with Gasteiger partial charge in [0.2, 0.25) is 0 Å². The number of nitrogens with zero attached hydrogens (tertiary/aromatic N) is 2. The summed E-state index contributed by atoms with van der Waals surface area (Å²) in [7, 11) is 0. The van der Waals surface area contributed by atoms with E-state index in [-0.39, 0.29) is 11.8 Å². The molecule has 0 spiro atoms. The van der Waals surface area contributed by atoms with E-state index in [2.05, 4.69) is 79.6 Å². The van der Waals surface area contributed by atoms with Crippen molar-refractivity contribution >= 4 is 17.5 Å². The Hall–Kier alpha value is -4.25. The number of piperidine rings is 1. The zero-order chi connectivity index (χ0) is 28.9. The Morgan fingerprint density at radius 1 is 0.854 bits per heavy atom. The van der Waals surface area contributed by atoms with E-state index < -0.39 is 0 Å². The average Bonchev–Trinajstić information content (AvgIpc) is 2.98. The van der Waals surface area contributed by atoms with Crippen LogP contribution < -0.4 is 5.32 Å². The molecule has 1 N–H and O–H groups in total. The molecule has 5 heteroatoms. The molecule has 1 aromatic heterocycles. The van der Waals surface area contributed by atoms with Crippen molar-refractivity contribution in [2.45, 2.75) is 52.9 Å². The van der Waals surface area contributed by atoms with Crippen LogP contribution in [0.3, 0.4) is 0 Å². The molecule has 2 heterocycles. The highest BCUT2D eigenvalue weighted by Crippen LogP contribution is 2.31. The molecular weight excluding hydrogens is 506 g/mol. The molecule has 0 atom stereocenters. The van der Waals surface area contributed by atoms with Crippen LogP contribution in [0.15, 0.2) is 85.1 Å². The van der Waals surface area contributed by atoms with E-state index in [0.29, 0.717) is 41.7 Å². The molecule has 4 aromatic rings. The number of pyridine rings is 1. The third-order valence-electron chi connectivity index (χ3n) is 7.99. The number of amides is 2. The number of aromatic nitrogens is 1. The largest absolute Gasteiger partial charge is 0.339 e. The maximum Gasteiger partial charge on any atom is 0.257 e. The smallest absolute Gasteiger partial charge is 0.257 e. The van der Waals surface area contributed by atoms with Crippen LogP contribution in [0.5, 0.6) is 0 Å². The van der Waals surface area contributed by atoms with Crippen LogP contribution in [0.1, 0.15) is 75.7 Å². The molecule has 1 aliphatic rings. The number of likely N-dealkylation sites (tertiary alicyclic amines) is 1.